The lowest BCUT2D eigenvalue weighted by atomic mass is 10.2. The van der Waals surface area contributed by atoms with Gasteiger partial charge in [0.25, 0.3) is 11.5 Å². The lowest BCUT2D eigenvalue weighted by Gasteiger charge is -2.12. The Hall–Kier alpha value is -3.91. The van der Waals surface area contributed by atoms with Crippen LogP contribution in [0, 0.1) is 0 Å². The highest BCUT2D eigenvalue weighted by Gasteiger charge is 2.14. The average Bonchev–Trinajstić information content (AvgIpc) is 2.87. The van der Waals surface area contributed by atoms with E-state index in [9.17, 15) is 9.59 Å². The van der Waals surface area contributed by atoms with Gasteiger partial charge in [-0.15, -0.1) is 0 Å². The smallest absolute Gasteiger partial charge is 0.266 e. The van der Waals surface area contributed by atoms with Crippen LogP contribution in [0.1, 0.15) is 18.9 Å². The summed E-state index contributed by atoms with van der Waals surface area (Å²) in [5.41, 5.74) is 4.47. The summed E-state index contributed by atoms with van der Waals surface area (Å²) in [6.07, 6.45) is 2.52. The predicted molar refractivity (Wildman–Crippen MR) is 136 cm³/mol. The van der Waals surface area contributed by atoms with Crippen molar-refractivity contribution >= 4 is 34.8 Å². The number of hydrazone groups is 1. The Kier molecular flexibility index (Phi) is 7.72. The molecule has 0 atom stereocenters. The number of nitrogens with one attached hydrogen (secondary N) is 1. The second-order valence-electron chi connectivity index (χ2n) is 7.39. The van der Waals surface area contributed by atoms with Gasteiger partial charge in [-0.2, -0.15) is 5.10 Å². The van der Waals surface area contributed by atoms with Crippen molar-refractivity contribution in [3.8, 4) is 11.4 Å². The molecule has 0 saturated heterocycles. The van der Waals surface area contributed by atoms with E-state index in [2.05, 4.69) is 22.4 Å². The SMILES string of the molecule is CCCOc1ccc(C=NNC(=O)CSc2nc3ccccc3c(=O)n2-c2ccccc2)cc1. The van der Waals surface area contributed by atoms with E-state index in [1.807, 2.05) is 66.7 Å². The van der Waals surface area contributed by atoms with Gasteiger partial charge in [-0.1, -0.05) is 49.0 Å². The summed E-state index contributed by atoms with van der Waals surface area (Å²) in [7, 11) is 0. The van der Waals surface area contributed by atoms with Crippen molar-refractivity contribution < 1.29 is 9.53 Å². The lowest BCUT2D eigenvalue weighted by Crippen LogP contribution is -2.24. The Bertz CT molecular complexity index is 1350. The fourth-order valence-electron chi connectivity index (χ4n) is 3.23. The molecule has 1 heterocycles. The Balaban J connectivity index is 1.45. The van der Waals surface area contributed by atoms with Gasteiger partial charge < -0.3 is 4.74 Å². The van der Waals surface area contributed by atoms with Gasteiger partial charge in [0, 0.05) is 0 Å². The van der Waals surface area contributed by atoms with Crippen molar-refractivity contribution in [1.29, 1.82) is 0 Å². The van der Waals surface area contributed by atoms with Crippen molar-refractivity contribution in [3.63, 3.8) is 0 Å². The summed E-state index contributed by atoms with van der Waals surface area (Å²) < 4.78 is 7.09. The van der Waals surface area contributed by atoms with E-state index in [1.54, 1.807) is 18.3 Å². The molecule has 1 amide bonds. The number of fused-ring (bicyclic) bond motifs is 1. The molecule has 34 heavy (non-hydrogen) atoms. The molecule has 0 aliphatic rings. The van der Waals surface area contributed by atoms with E-state index >= 15 is 0 Å². The van der Waals surface area contributed by atoms with E-state index in [4.69, 9.17) is 4.74 Å². The molecule has 0 saturated carbocycles. The van der Waals surface area contributed by atoms with Crippen LogP contribution in [0.3, 0.4) is 0 Å². The summed E-state index contributed by atoms with van der Waals surface area (Å²) in [4.78, 5) is 30.2. The molecule has 4 aromatic rings. The van der Waals surface area contributed by atoms with Crippen molar-refractivity contribution in [2.75, 3.05) is 12.4 Å². The summed E-state index contributed by atoms with van der Waals surface area (Å²) in [6.45, 7) is 2.73. The van der Waals surface area contributed by atoms with Crippen LogP contribution in [-0.2, 0) is 4.79 Å². The highest BCUT2D eigenvalue weighted by atomic mass is 32.2. The van der Waals surface area contributed by atoms with Crippen LogP contribution in [0.5, 0.6) is 5.75 Å². The molecular weight excluding hydrogens is 448 g/mol. The molecule has 0 fully saturated rings. The molecule has 0 bridgehead atoms. The van der Waals surface area contributed by atoms with Crippen LogP contribution in [-0.4, -0.2) is 34.0 Å². The number of nitrogens with zero attached hydrogens (tertiary/aromatic N) is 3. The number of carbonyl (C=O) groups is 1. The highest BCUT2D eigenvalue weighted by molar-refractivity contribution is 7.99. The fraction of sp³-hybridized carbons (Fsp3) is 0.154. The second kappa shape index (κ2) is 11.3. The first kappa shape index (κ1) is 23.3. The second-order valence-corrected chi connectivity index (χ2v) is 8.33. The summed E-state index contributed by atoms with van der Waals surface area (Å²) in [5.74, 6) is 0.552. The maximum Gasteiger partial charge on any atom is 0.266 e. The summed E-state index contributed by atoms with van der Waals surface area (Å²) >= 11 is 1.18. The van der Waals surface area contributed by atoms with E-state index in [0.717, 1.165) is 17.7 Å². The van der Waals surface area contributed by atoms with Gasteiger partial charge in [0.2, 0.25) is 0 Å². The van der Waals surface area contributed by atoms with E-state index in [1.165, 1.54) is 16.3 Å². The molecule has 1 N–H and O–H groups in total. The Morgan fingerprint density at radius 1 is 1.06 bits per heavy atom. The standard InChI is InChI=1S/C26H24N4O3S/c1-2-16-33-21-14-12-19(13-15-21)17-27-29-24(31)18-34-26-28-23-11-7-6-10-22(23)25(32)30(26)20-8-4-3-5-9-20/h3-15,17H,2,16,18H2,1H3,(H,29,31). The number of hydrogen-bond donors (Lipinski definition) is 1. The maximum absolute atomic E-state index is 13.2. The maximum atomic E-state index is 13.2. The fourth-order valence-corrected chi connectivity index (χ4v) is 4.03. The predicted octanol–water partition coefficient (Wildman–Crippen LogP) is 4.42. The molecule has 0 radical (unpaired) electrons. The summed E-state index contributed by atoms with van der Waals surface area (Å²) in [5, 5.41) is 4.99. The van der Waals surface area contributed by atoms with Crippen LogP contribution in [0.15, 0.2) is 93.9 Å². The van der Waals surface area contributed by atoms with Crippen LogP contribution in [0.25, 0.3) is 16.6 Å². The Morgan fingerprint density at radius 3 is 2.56 bits per heavy atom. The number of rotatable bonds is 9. The van der Waals surface area contributed by atoms with Crippen LogP contribution in [0.4, 0.5) is 0 Å². The van der Waals surface area contributed by atoms with Gasteiger partial charge >= 0.3 is 0 Å². The molecule has 3 aromatic carbocycles. The topological polar surface area (TPSA) is 85.6 Å². The van der Waals surface area contributed by atoms with E-state index in [-0.39, 0.29) is 17.2 Å². The molecule has 0 unspecified atom stereocenters. The number of ether oxygens (including phenoxy) is 1. The number of benzene rings is 3. The normalized spacial score (nSPS) is 11.1. The molecule has 1 aromatic heterocycles. The lowest BCUT2D eigenvalue weighted by molar-refractivity contribution is -0.118. The summed E-state index contributed by atoms with van der Waals surface area (Å²) in [6, 6.07) is 23.9. The molecule has 172 valence electrons. The Morgan fingerprint density at radius 2 is 1.79 bits per heavy atom. The van der Waals surface area contributed by atoms with Crippen molar-refractivity contribution in [2.45, 2.75) is 18.5 Å². The van der Waals surface area contributed by atoms with Gasteiger partial charge in [0.05, 0.1) is 35.2 Å². The van der Waals surface area contributed by atoms with Crippen molar-refractivity contribution in [2.24, 2.45) is 5.10 Å². The molecule has 0 spiro atoms. The first-order chi connectivity index (χ1) is 16.7. The quantitative estimate of drug-likeness (QED) is 0.169. The zero-order valence-electron chi connectivity index (χ0n) is 18.7. The largest absolute Gasteiger partial charge is 0.494 e. The van der Waals surface area contributed by atoms with Gasteiger partial charge in [-0.25, -0.2) is 10.4 Å². The third-order valence-corrected chi connectivity index (χ3v) is 5.79. The zero-order valence-corrected chi connectivity index (χ0v) is 19.5. The monoisotopic (exact) mass is 472 g/mol. The van der Waals surface area contributed by atoms with Gasteiger partial charge in [-0.3, -0.25) is 14.2 Å². The van der Waals surface area contributed by atoms with Crippen molar-refractivity contribution in [1.82, 2.24) is 15.0 Å². The minimum atomic E-state index is -0.300. The minimum Gasteiger partial charge on any atom is -0.494 e. The molecule has 8 heteroatoms. The number of thioether (sulfide) groups is 1. The third kappa shape index (κ3) is 5.71. The Labute approximate surface area is 201 Å². The molecule has 7 nitrogen and oxygen atoms in total. The van der Waals surface area contributed by atoms with Crippen LogP contribution >= 0.6 is 11.8 Å². The number of amides is 1. The molecule has 0 aliphatic carbocycles. The highest BCUT2D eigenvalue weighted by Crippen LogP contribution is 2.21. The van der Waals surface area contributed by atoms with Crippen LogP contribution in [0.2, 0.25) is 0 Å². The number of aromatic nitrogens is 2. The van der Waals surface area contributed by atoms with Crippen molar-refractivity contribution in [3.05, 3.63) is 94.8 Å². The first-order valence-electron chi connectivity index (χ1n) is 10.9. The van der Waals surface area contributed by atoms with Gasteiger partial charge in [-0.05, 0) is 60.5 Å². The van der Waals surface area contributed by atoms with E-state index in [0.29, 0.717) is 28.4 Å². The molecule has 0 aliphatic heterocycles. The molecular formula is C26H24N4O3S. The third-order valence-electron chi connectivity index (χ3n) is 4.85. The van der Waals surface area contributed by atoms with Crippen LogP contribution < -0.4 is 15.7 Å². The average molecular weight is 473 g/mol. The zero-order chi connectivity index (χ0) is 23.8. The van der Waals surface area contributed by atoms with Gasteiger partial charge in [0.1, 0.15) is 5.75 Å². The molecule has 4 rings (SSSR count). The number of para-hydroxylation sites is 2. The minimum absolute atomic E-state index is 0.0543. The van der Waals surface area contributed by atoms with Gasteiger partial charge in [0.15, 0.2) is 5.16 Å². The first-order valence-corrected chi connectivity index (χ1v) is 11.9. The number of hydrogen-bond acceptors (Lipinski definition) is 6. The van der Waals surface area contributed by atoms with E-state index < -0.39 is 0 Å². The number of carbonyl (C=O) groups excluding carboxylic acids is 1.